The Morgan fingerprint density at radius 2 is 1.96 bits per heavy atom. The van der Waals surface area contributed by atoms with E-state index in [4.69, 9.17) is 9.47 Å². The van der Waals surface area contributed by atoms with Gasteiger partial charge in [-0.25, -0.2) is 0 Å². The first-order chi connectivity index (χ1) is 11.8. The minimum Gasteiger partial charge on any atom is -0.503 e. The van der Waals surface area contributed by atoms with E-state index in [-0.39, 0.29) is 11.4 Å². The lowest BCUT2D eigenvalue weighted by atomic mass is 9.95. The molecular weight excluding hydrogens is 324 g/mol. The zero-order valence-corrected chi connectivity index (χ0v) is 15.2. The van der Waals surface area contributed by atoms with Crippen molar-refractivity contribution < 1.29 is 24.2 Å². The van der Waals surface area contributed by atoms with E-state index in [1.807, 2.05) is 19.0 Å². The van der Waals surface area contributed by atoms with Crippen LogP contribution in [0.3, 0.4) is 0 Å². The van der Waals surface area contributed by atoms with Crippen LogP contribution >= 0.6 is 0 Å². The van der Waals surface area contributed by atoms with E-state index in [1.165, 1.54) is 18.9 Å². The van der Waals surface area contributed by atoms with E-state index in [1.54, 1.807) is 25.3 Å². The van der Waals surface area contributed by atoms with Gasteiger partial charge >= 0.3 is 0 Å². The highest BCUT2D eigenvalue weighted by atomic mass is 16.5. The van der Waals surface area contributed by atoms with Gasteiger partial charge in [-0.05, 0) is 33.2 Å². The lowest BCUT2D eigenvalue weighted by molar-refractivity contribution is -0.129. The fourth-order valence-corrected chi connectivity index (χ4v) is 2.92. The largest absolute Gasteiger partial charge is 0.503 e. The van der Waals surface area contributed by atoms with Crippen LogP contribution in [-0.2, 0) is 9.59 Å². The second-order valence-electron chi connectivity index (χ2n) is 6.13. The van der Waals surface area contributed by atoms with E-state index < -0.39 is 17.7 Å². The third-order valence-corrected chi connectivity index (χ3v) is 4.21. The molecule has 0 radical (unpaired) electrons. The monoisotopic (exact) mass is 348 g/mol. The fraction of sp³-hybridized carbons (Fsp3) is 0.444. The molecule has 1 amide bonds. The maximum absolute atomic E-state index is 12.5. The van der Waals surface area contributed by atoms with Crippen molar-refractivity contribution in [1.29, 1.82) is 0 Å². The number of carbonyl (C=O) groups excluding carboxylic acids is 2. The fourth-order valence-electron chi connectivity index (χ4n) is 2.92. The van der Waals surface area contributed by atoms with Crippen molar-refractivity contribution in [2.24, 2.45) is 0 Å². The van der Waals surface area contributed by atoms with E-state index in [9.17, 15) is 14.7 Å². The Bertz CT molecular complexity index is 711. The number of hydrogen-bond acceptors (Lipinski definition) is 6. The number of hydrogen-bond donors (Lipinski definition) is 1. The van der Waals surface area contributed by atoms with Gasteiger partial charge in [0.15, 0.2) is 11.5 Å². The van der Waals surface area contributed by atoms with Crippen LogP contribution in [0.5, 0.6) is 11.5 Å². The first-order valence-corrected chi connectivity index (χ1v) is 7.93. The number of aliphatic hydroxyl groups excluding tert-OH is 1. The SMILES string of the molecule is COc1ccc(C2C(C(C)=O)=C(O)C(=O)N2CCN(C)C)c(OC)c1. The lowest BCUT2D eigenvalue weighted by Gasteiger charge is -2.28. The van der Waals surface area contributed by atoms with Crippen LogP contribution in [0.15, 0.2) is 29.5 Å². The summed E-state index contributed by atoms with van der Waals surface area (Å²) in [6.45, 7) is 2.31. The van der Waals surface area contributed by atoms with Gasteiger partial charge < -0.3 is 24.4 Å². The molecule has 1 atom stereocenters. The molecule has 0 saturated carbocycles. The van der Waals surface area contributed by atoms with Crippen LogP contribution in [0, 0.1) is 0 Å². The number of nitrogens with zero attached hydrogens (tertiary/aromatic N) is 2. The number of benzene rings is 1. The van der Waals surface area contributed by atoms with Crippen molar-refractivity contribution in [3.8, 4) is 11.5 Å². The summed E-state index contributed by atoms with van der Waals surface area (Å²) in [5, 5.41) is 10.2. The molecule has 0 aliphatic carbocycles. The summed E-state index contributed by atoms with van der Waals surface area (Å²) in [5.41, 5.74) is 0.719. The molecule has 1 aliphatic heterocycles. The van der Waals surface area contributed by atoms with Crippen molar-refractivity contribution in [2.75, 3.05) is 41.4 Å². The predicted molar refractivity (Wildman–Crippen MR) is 92.9 cm³/mol. The van der Waals surface area contributed by atoms with Gasteiger partial charge in [-0.1, -0.05) is 0 Å². The molecule has 1 aromatic rings. The normalized spacial score (nSPS) is 17.4. The highest BCUT2D eigenvalue weighted by Crippen LogP contribution is 2.42. The molecule has 2 rings (SSSR count). The number of ketones is 1. The first-order valence-electron chi connectivity index (χ1n) is 7.93. The molecule has 0 spiro atoms. The van der Waals surface area contributed by atoms with Crippen molar-refractivity contribution in [2.45, 2.75) is 13.0 Å². The van der Waals surface area contributed by atoms with Gasteiger partial charge in [0.05, 0.1) is 25.8 Å². The van der Waals surface area contributed by atoms with Crippen LogP contribution in [0.2, 0.25) is 0 Å². The summed E-state index contributed by atoms with van der Waals surface area (Å²) in [4.78, 5) is 28.1. The van der Waals surface area contributed by atoms with E-state index in [0.29, 0.717) is 30.2 Å². The maximum atomic E-state index is 12.5. The van der Waals surface area contributed by atoms with Gasteiger partial charge in [-0.3, -0.25) is 9.59 Å². The zero-order valence-electron chi connectivity index (χ0n) is 15.2. The number of aliphatic hydroxyl groups is 1. The number of rotatable bonds is 7. The molecule has 1 aromatic carbocycles. The molecular formula is C18H24N2O5. The van der Waals surface area contributed by atoms with E-state index >= 15 is 0 Å². The molecule has 7 nitrogen and oxygen atoms in total. The zero-order chi connectivity index (χ0) is 18.7. The van der Waals surface area contributed by atoms with Crippen LogP contribution in [0.4, 0.5) is 0 Å². The van der Waals surface area contributed by atoms with Crippen LogP contribution in [0.25, 0.3) is 0 Å². The average Bonchev–Trinajstić information content (AvgIpc) is 2.83. The Labute approximate surface area is 147 Å². The topological polar surface area (TPSA) is 79.3 Å². The van der Waals surface area contributed by atoms with Crippen molar-refractivity contribution in [3.63, 3.8) is 0 Å². The van der Waals surface area contributed by atoms with Crippen molar-refractivity contribution in [1.82, 2.24) is 9.80 Å². The minimum absolute atomic E-state index is 0.0900. The van der Waals surface area contributed by atoms with Gasteiger partial charge in [0.25, 0.3) is 5.91 Å². The quantitative estimate of drug-likeness (QED) is 0.805. The number of ether oxygens (including phenoxy) is 2. The van der Waals surface area contributed by atoms with Crippen molar-refractivity contribution in [3.05, 3.63) is 35.1 Å². The number of methoxy groups -OCH3 is 2. The molecule has 1 heterocycles. The van der Waals surface area contributed by atoms with Crippen molar-refractivity contribution >= 4 is 11.7 Å². The number of amides is 1. The highest BCUT2D eigenvalue weighted by molar-refractivity contribution is 6.08. The highest BCUT2D eigenvalue weighted by Gasteiger charge is 2.43. The second-order valence-corrected chi connectivity index (χ2v) is 6.13. The summed E-state index contributed by atoms with van der Waals surface area (Å²) in [6, 6.07) is 4.49. The molecule has 1 unspecified atom stereocenters. The summed E-state index contributed by atoms with van der Waals surface area (Å²) in [7, 11) is 6.84. The molecule has 25 heavy (non-hydrogen) atoms. The van der Waals surface area contributed by atoms with Gasteiger partial charge in [0.2, 0.25) is 0 Å². The summed E-state index contributed by atoms with van der Waals surface area (Å²) < 4.78 is 10.6. The molecule has 0 saturated heterocycles. The molecule has 7 heteroatoms. The molecule has 1 aliphatic rings. The van der Waals surface area contributed by atoms with Gasteiger partial charge in [-0.15, -0.1) is 0 Å². The minimum atomic E-state index is -0.689. The third kappa shape index (κ3) is 3.61. The predicted octanol–water partition coefficient (Wildman–Crippen LogP) is 1.55. The molecule has 0 bridgehead atoms. The Morgan fingerprint density at radius 1 is 1.28 bits per heavy atom. The van der Waals surface area contributed by atoms with E-state index in [0.717, 1.165) is 0 Å². The Balaban J connectivity index is 2.55. The molecule has 1 N–H and O–H groups in total. The third-order valence-electron chi connectivity index (χ3n) is 4.21. The van der Waals surface area contributed by atoms with Gasteiger partial charge in [-0.2, -0.15) is 0 Å². The Morgan fingerprint density at radius 3 is 2.48 bits per heavy atom. The maximum Gasteiger partial charge on any atom is 0.290 e. The number of likely N-dealkylation sites (N-methyl/N-ethyl adjacent to an activating group) is 1. The Kier molecular flexibility index (Phi) is 5.69. The van der Waals surface area contributed by atoms with Gasteiger partial charge in [0, 0.05) is 24.7 Å². The molecule has 0 fully saturated rings. The summed E-state index contributed by atoms with van der Waals surface area (Å²) in [6.07, 6.45) is 0. The second kappa shape index (κ2) is 7.57. The Hall–Kier alpha value is -2.54. The van der Waals surface area contributed by atoms with Crippen LogP contribution in [-0.4, -0.2) is 68.0 Å². The summed E-state index contributed by atoms with van der Waals surface area (Å²) in [5.74, 6) is -0.298. The number of carbonyl (C=O) groups is 2. The smallest absolute Gasteiger partial charge is 0.290 e. The molecule has 136 valence electrons. The average molecular weight is 348 g/mol. The van der Waals surface area contributed by atoms with E-state index in [2.05, 4.69) is 0 Å². The lowest BCUT2D eigenvalue weighted by Crippen LogP contribution is -2.36. The van der Waals surface area contributed by atoms with Gasteiger partial charge in [0.1, 0.15) is 11.5 Å². The standard InChI is InChI=1S/C18H24N2O5/c1-11(21)15-16(13-7-6-12(24-4)10-14(13)25-5)20(9-8-19(2)3)18(23)17(15)22/h6-7,10,16,22H,8-9H2,1-5H3. The first kappa shape index (κ1) is 18.8. The van der Waals surface area contributed by atoms with Crippen LogP contribution < -0.4 is 9.47 Å². The molecule has 0 aromatic heterocycles. The summed E-state index contributed by atoms with van der Waals surface area (Å²) >= 11 is 0. The number of Topliss-reactive ketones (excluding diaryl/α,β-unsaturated/α-hetero) is 1. The van der Waals surface area contributed by atoms with Crippen LogP contribution in [0.1, 0.15) is 18.5 Å².